The Hall–Kier alpha value is -5.84. The van der Waals surface area contributed by atoms with E-state index in [1.54, 1.807) is 0 Å². The minimum absolute atomic E-state index is 0.0393. The lowest BCUT2D eigenvalue weighted by Crippen LogP contribution is -2.30. The molecule has 0 heterocycles. The van der Waals surface area contributed by atoms with E-state index < -0.39 is 97.5 Å². The Morgan fingerprint density at radius 3 is 0.800 bits per heavy atom. The van der Waals surface area contributed by atoms with Crippen molar-refractivity contribution in [1.29, 1.82) is 0 Å². The topological polar surface area (TPSA) is 237 Å². The van der Waals surface area contributed by atoms with Crippen LogP contribution in [0.1, 0.15) is 310 Å². The molecule has 110 heavy (non-hydrogen) atoms. The molecule has 0 aliphatic carbocycles. The van der Waals surface area contributed by atoms with Gasteiger partial charge in [0.25, 0.3) is 0 Å². The highest BCUT2D eigenvalue weighted by atomic mass is 31.2. The summed E-state index contributed by atoms with van der Waals surface area (Å²) in [5, 5.41) is 10.7. The van der Waals surface area contributed by atoms with Gasteiger partial charge in [-0.15, -0.1) is 0 Å². The number of hydrogen-bond donors (Lipinski definition) is 3. The lowest BCUT2D eigenvalue weighted by molar-refractivity contribution is -0.161. The maximum Gasteiger partial charge on any atom is 0.472 e. The Morgan fingerprint density at radius 1 is 0.264 bits per heavy atom. The lowest BCUT2D eigenvalue weighted by Gasteiger charge is -2.21. The van der Waals surface area contributed by atoms with Gasteiger partial charge < -0.3 is 33.8 Å². The molecule has 0 aliphatic rings. The highest BCUT2D eigenvalue weighted by molar-refractivity contribution is 7.47. The van der Waals surface area contributed by atoms with E-state index in [2.05, 4.69) is 198 Å². The summed E-state index contributed by atoms with van der Waals surface area (Å²) in [7, 11) is -10.0. The molecule has 624 valence electrons. The van der Waals surface area contributed by atoms with Crippen molar-refractivity contribution in [1.82, 2.24) is 0 Å². The minimum atomic E-state index is -5.01. The molecule has 0 aromatic rings. The third kappa shape index (κ3) is 80.2. The molecular formula is C91H148O17P2. The van der Waals surface area contributed by atoms with Gasteiger partial charge in [-0.25, -0.2) is 9.13 Å². The second-order valence-electron chi connectivity index (χ2n) is 27.3. The van der Waals surface area contributed by atoms with Crippen molar-refractivity contribution in [2.45, 2.75) is 329 Å². The van der Waals surface area contributed by atoms with Crippen molar-refractivity contribution in [2.75, 3.05) is 39.6 Å². The van der Waals surface area contributed by atoms with Gasteiger partial charge in [-0.1, -0.05) is 287 Å². The van der Waals surface area contributed by atoms with Crippen LogP contribution < -0.4 is 0 Å². The molecule has 17 nitrogen and oxygen atoms in total. The van der Waals surface area contributed by atoms with Crippen molar-refractivity contribution in [3.8, 4) is 0 Å². The van der Waals surface area contributed by atoms with Crippen molar-refractivity contribution >= 4 is 39.5 Å². The van der Waals surface area contributed by atoms with Crippen molar-refractivity contribution in [3.05, 3.63) is 182 Å². The first-order chi connectivity index (χ1) is 53.7. The summed E-state index contributed by atoms with van der Waals surface area (Å²) >= 11 is 0. The second kappa shape index (κ2) is 81.2. The number of allylic oxidation sites excluding steroid dienone is 30. The van der Waals surface area contributed by atoms with Crippen molar-refractivity contribution < 1.29 is 80.2 Å². The molecule has 0 amide bonds. The van der Waals surface area contributed by atoms with Crippen LogP contribution >= 0.6 is 15.6 Å². The summed E-state index contributed by atoms with van der Waals surface area (Å²) < 4.78 is 68.7. The van der Waals surface area contributed by atoms with Crippen molar-refractivity contribution in [3.63, 3.8) is 0 Å². The summed E-state index contributed by atoms with van der Waals surface area (Å²) in [6, 6.07) is 0. The first kappa shape index (κ1) is 104. The van der Waals surface area contributed by atoms with Gasteiger partial charge in [-0.2, -0.15) is 0 Å². The van der Waals surface area contributed by atoms with E-state index in [1.165, 1.54) is 57.8 Å². The molecule has 2 unspecified atom stereocenters. The van der Waals surface area contributed by atoms with Crippen LogP contribution in [0.25, 0.3) is 0 Å². The standard InChI is InChI=1S/C91H148O17P2/c1-5-9-13-17-21-25-29-33-37-40-42-45-49-52-56-60-64-68-72-76-89(94)102-82-87(108-91(96)78-74-70-66-62-58-54-50-46-43-41-38-34-30-26-22-18-14-10-6-2)84-106-110(99,100)104-80-85(92)79-103-109(97,98)105-83-86(107-90(95)77-73-69-65-61-57-53-47-36-32-28-24-20-16-12-8-4)81-101-88(93)75-71-67-63-59-55-51-48-44-39-35-31-27-23-19-15-11-7-3/h9-10,13-14,21-23,25-27,33-39,42-43,45-48,51-52,54,56,58-59,63,85-87,92H,5-8,11-12,15-20,24,28-32,40-41,44,49-50,53,55,57,60-62,64-84H2,1-4H3,(H,97,98)(H,99,100)/b13-9-,14-10-,25-21-,26-22-,27-23-,37-33-,38-34-,39-35-,45-42-,46-43-,47-36-,51-48-,56-52-,58-54-,63-59-/t85-,86+,87+/m0/s1. The number of hydrogen-bond acceptors (Lipinski definition) is 15. The first-order valence-corrected chi connectivity index (χ1v) is 45.0. The SMILES string of the molecule is CC/C=C\C/C=C\C/C=C\C/C=C\C/C=C\CCCCCC(=O)OC[C@H](COP(=O)(O)OC[C@@H](O)COP(=O)(O)OC[C@@H](COC(=O)CCC/C=C\C/C=C\C/C=C\C/C=C\CCCCC)OC(=O)CCCCCCC/C=C\CCCCCCCC)OC(=O)CCCCC/C=C\C/C=C\C/C=C\C/C=C\C/C=C\CC. The van der Waals surface area contributed by atoms with Gasteiger partial charge in [0, 0.05) is 25.7 Å². The summed E-state index contributed by atoms with van der Waals surface area (Å²) in [6.07, 6.45) is 98.6. The first-order valence-electron chi connectivity index (χ1n) is 42.0. The van der Waals surface area contributed by atoms with Crippen LogP contribution in [0.15, 0.2) is 182 Å². The van der Waals surface area contributed by atoms with Crippen LogP contribution in [0.4, 0.5) is 0 Å². The van der Waals surface area contributed by atoms with Crippen LogP contribution in [0, 0.1) is 0 Å². The minimum Gasteiger partial charge on any atom is -0.462 e. The Labute approximate surface area is 666 Å². The zero-order valence-corrected chi connectivity index (χ0v) is 70.1. The maximum atomic E-state index is 13.1. The van der Waals surface area contributed by atoms with E-state index in [-0.39, 0.29) is 25.7 Å². The number of unbranched alkanes of at least 4 members (excludes halogenated alkanes) is 21. The van der Waals surface area contributed by atoms with Gasteiger partial charge in [-0.3, -0.25) is 37.3 Å². The summed E-state index contributed by atoms with van der Waals surface area (Å²) in [4.78, 5) is 73.2. The molecule has 0 aliphatic heterocycles. The Morgan fingerprint density at radius 2 is 0.482 bits per heavy atom. The molecule has 0 bridgehead atoms. The number of phosphoric ester groups is 2. The van der Waals surface area contributed by atoms with Crippen LogP contribution in [0.5, 0.6) is 0 Å². The summed E-state index contributed by atoms with van der Waals surface area (Å²) in [6.45, 7) is 4.47. The molecule has 0 saturated heterocycles. The van der Waals surface area contributed by atoms with Gasteiger partial charge in [0.15, 0.2) is 12.2 Å². The second-order valence-corrected chi connectivity index (χ2v) is 30.2. The number of phosphoric acid groups is 2. The van der Waals surface area contributed by atoms with Crippen LogP contribution in [0.3, 0.4) is 0 Å². The lowest BCUT2D eigenvalue weighted by atomic mass is 10.1. The number of carbonyl (C=O) groups is 4. The van der Waals surface area contributed by atoms with E-state index in [1.807, 2.05) is 12.2 Å². The number of ether oxygens (including phenoxy) is 4. The van der Waals surface area contributed by atoms with E-state index in [9.17, 15) is 43.2 Å². The number of esters is 4. The molecule has 0 saturated carbocycles. The predicted octanol–water partition coefficient (Wildman–Crippen LogP) is 25.1. The number of rotatable bonds is 77. The van der Waals surface area contributed by atoms with Gasteiger partial charge in [0.2, 0.25) is 0 Å². The number of aliphatic hydroxyl groups is 1. The molecule has 0 aromatic carbocycles. The molecule has 0 radical (unpaired) electrons. The molecule has 0 aromatic heterocycles. The van der Waals surface area contributed by atoms with Crippen LogP contribution in [-0.4, -0.2) is 96.7 Å². The Bertz CT molecular complexity index is 2800. The Kier molecular flexibility index (Phi) is 76.9. The Balaban J connectivity index is 5.52. The quantitative estimate of drug-likeness (QED) is 0.0169. The fourth-order valence-corrected chi connectivity index (χ4v) is 12.1. The maximum absolute atomic E-state index is 13.1. The molecule has 0 rings (SSSR count). The summed E-state index contributed by atoms with van der Waals surface area (Å²) in [5.41, 5.74) is 0. The summed E-state index contributed by atoms with van der Waals surface area (Å²) in [5.74, 6) is -2.33. The molecule has 0 spiro atoms. The molecule has 0 fully saturated rings. The number of carbonyl (C=O) groups excluding carboxylic acids is 4. The van der Waals surface area contributed by atoms with E-state index in [0.29, 0.717) is 32.1 Å². The third-order valence-electron chi connectivity index (χ3n) is 16.8. The highest BCUT2D eigenvalue weighted by Gasteiger charge is 2.30. The van der Waals surface area contributed by atoms with Gasteiger partial charge in [0.1, 0.15) is 19.3 Å². The average Bonchev–Trinajstić information content (AvgIpc) is 0.900. The van der Waals surface area contributed by atoms with Gasteiger partial charge >= 0.3 is 39.5 Å². The van der Waals surface area contributed by atoms with E-state index in [4.69, 9.17) is 37.0 Å². The molecule has 5 atom stereocenters. The smallest absolute Gasteiger partial charge is 0.462 e. The average molecular weight is 1580 g/mol. The zero-order chi connectivity index (χ0) is 80.3. The van der Waals surface area contributed by atoms with Crippen LogP contribution in [-0.2, 0) is 65.4 Å². The van der Waals surface area contributed by atoms with E-state index >= 15 is 0 Å². The predicted molar refractivity (Wildman–Crippen MR) is 454 cm³/mol. The molecular weight excluding hydrogens is 1430 g/mol. The third-order valence-corrected chi connectivity index (χ3v) is 18.7. The van der Waals surface area contributed by atoms with Gasteiger partial charge in [-0.05, 0) is 180 Å². The van der Waals surface area contributed by atoms with E-state index in [0.717, 1.165) is 167 Å². The van der Waals surface area contributed by atoms with Crippen molar-refractivity contribution in [2.24, 2.45) is 0 Å². The molecule has 3 N–H and O–H groups in total. The molecule has 19 heteroatoms. The van der Waals surface area contributed by atoms with Crippen LogP contribution in [0.2, 0.25) is 0 Å². The fraction of sp³-hybridized carbons (Fsp3) is 0.626. The van der Waals surface area contributed by atoms with Gasteiger partial charge in [0.05, 0.1) is 26.4 Å². The normalized spacial score (nSPS) is 14.7. The monoisotopic (exact) mass is 1580 g/mol. The number of aliphatic hydroxyl groups excluding tert-OH is 1. The zero-order valence-electron chi connectivity index (χ0n) is 68.4. The largest absolute Gasteiger partial charge is 0.472 e. The highest BCUT2D eigenvalue weighted by Crippen LogP contribution is 2.45. The fourth-order valence-electron chi connectivity index (χ4n) is 10.5.